The van der Waals surface area contributed by atoms with Crippen LogP contribution in [0.2, 0.25) is 5.02 Å². The van der Waals surface area contributed by atoms with Gasteiger partial charge >= 0.3 is 5.97 Å². The van der Waals surface area contributed by atoms with Crippen LogP contribution >= 0.6 is 23.4 Å². The summed E-state index contributed by atoms with van der Waals surface area (Å²) in [5.74, 6) is -0.332. The molecule has 31 heavy (non-hydrogen) atoms. The van der Waals surface area contributed by atoms with Crippen LogP contribution in [-0.2, 0) is 4.74 Å². The van der Waals surface area contributed by atoms with Crippen LogP contribution in [0.4, 0.5) is 0 Å². The van der Waals surface area contributed by atoms with E-state index in [1.54, 1.807) is 29.5 Å². The minimum atomic E-state index is -1.18. The van der Waals surface area contributed by atoms with E-state index in [1.807, 2.05) is 12.1 Å². The summed E-state index contributed by atoms with van der Waals surface area (Å²) in [6, 6.07) is 5.40. The summed E-state index contributed by atoms with van der Waals surface area (Å²) in [6.07, 6.45) is 2.50. The largest absolute Gasteiger partial charge is 0.492 e. The first-order valence-electron chi connectivity index (χ1n) is 10.5. The highest BCUT2D eigenvalue weighted by molar-refractivity contribution is 7.99. The number of methoxy groups -OCH3 is 1. The van der Waals surface area contributed by atoms with Crippen LogP contribution in [0, 0.1) is 5.92 Å². The fourth-order valence-electron chi connectivity index (χ4n) is 4.00. The van der Waals surface area contributed by atoms with Crippen LogP contribution in [-0.4, -0.2) is 36.0 Å². The number of halogens is 1. The second kappa shape index (κ2) is 8.88. The van der Waals surface area contributed by atoms with E-state index < -0.39 is 11.5 Å². The minimum Gasteiger partial charge on any atom is -0.492 e. The van der Waals surface area contributed by atoms with Crippen molar-refractivity contribution in [2.45, 2.75) is 49.3 Å². The van der Waals surface area contributed by atoms with Crippen LogP contribution in [0.1, 0.15) is 60.3 Å². The Labute approximate surface area is 190 Å². The van der Waals surface area contributed by atoms with E-state index in [1.165, 1.54) is 0 Å². The third kappa shape index (κ3) is 4.23. The number of aromatic carboxylic acids is 1. The van der Waals surface area contributed by atoms with Crippen molar-refractivity contribution in [1.82, 2.24) is 4.57 Å². The van der Waals surface area contributed by atoms with Gasteiger partial charge in [-0.25, -0.2) is 4.79 Å². The molecule has 1 aromatic heterocycles. The third-order valence-corrected chi connectivity index (χ3v) is 7.55. The van der Waals surface area contributed by atoms with Crippen LogP contribution in [0.25, 0.3) is 11.3 Å². The number of nitrogens with zero attached hydrogens (tertiary/aromatic N) is 1. The molecule has 1 aliphatic heterocycles. The van der Waals surface area contributed by atoms with E-state index in [-0.39, 0.29) is 22.8 Å². The van der Waals surface area contributed by atoms with E-state index in [0.29, 0.717) is 24.0 Å². The van der Waals surface area contributed by atoms with Gasteiger partial charge in [-0.05, 0) is 42.5 Å². The summed E-state index contributed by atoms with van der Waals surface area (Å²) in [6.45, 7) is 5.32. The van der Waals surface area contributed by atoms with Crippen LogP contribution in [0.15, 0.2) is 27.9 Å². The molecular formula is C23H26ClNO5S. The van der Waals surface area contributed by atoms with Gasteiger partial charge in [0.25, 0.3) is 5.56 Å². The van der Waals surface area contributed by atoms with Crippen molar-refractivity contribution in [2.24, 2.45) is 5.92 Å². The molecule has 0 saturated heterocycles. The fraction of sp³-hybridized carbons (Fsp3) is 0.478. The van der Waals surface area contributed by atoms with Gasteiger partial charge in [-0.1, -0.05) is 25.4 Å². The number of aromatic nitrogens is 1. The molecule has 1 N–H and O–H groups in total. The minimum absolute atomic E-state index is 0.0220. The monoisotopic (exact) mass is 463 g/mol. The summed E-state index contributed by atoms with van der Waals surface area (Å²) in [5.41, 5.74) is 1.96. The number of carbonyl (C=O) groups is 1. The number of fused-ring (bicyclic) bond motifs is 3. The van der Waals surface area contributed by atoms with Crippen molar-refractivity contribution in [1.29, 1.82) is 0 Å². The van der Waals surface area contributed by atoms with Crippen molar-refractivity contribution in [3.05, 3.63) is 44.7 Å². The molecule has 2 aliphatic rings. The zero-order chi connectivity index (χ0) is 22.3. The zero-order valence-electron chi connectivity index (χ0n) is 17.8. The average Bonchev–Trinajstić information content (AvgIpc) is 3.55. The molecule has 2 aromatic rings. The van der Waals surface area contributed by atoms with Crippen molar-refractivity contribution in [2.75, 3.05) is 20.3 Å². The lowest BCUT2D eigenvalue weighted by atomic mass is 9.94. The Morgan fingerprint density at radius 1 is 1.29 bits per heavy atom. The van der Waals surface area contributed by atoms with Gasteiger partial charge in [0.2, 0.25) is 0 Å². The van der Waals surface area contributed by atoms with E-state index >= 15 is 0 Å². The maximum Gasteiger partial charge on any atom is 0.341 e. The Morgan fingerprint density at radius 2 is 2.03 bits per heavy atom. The Kier molecular flexibility index (Phi) is 6.37. The molecule has 0 amide bonds. The number of carboxylic acid groups (broad SMARTS) is 1. The van der Waals surface area contributed by atoms with Crippen molar-refractivity contribution < 1.29 is 19.4 Å². The molecule has 4 rings (SSSR count). The molecule has 1 saturated carbocycles. The molecule has 1 unspecified atom stereocenters. The molecule has 0 radical (unpaired) electrons. The van der Waals surface area contributed by atoms with Crippen LogP contribution in [0.5, 0.6) is 5.75 Å². The molecule has 166 valence electrons. The first-order valence-corrected chi connectivity index (χ1v) is 11.7. The predicted octanol–water partition coefficient (Wildman–Crippen LogP) is 5.42. The Bertz CT molecular complexity index is 1080. The van der Waals surface area contributed by atoms with E-state index in [0.717, 1.165) is 41.0 Å². The first-order chi connectivity index (χ1) is 14.8. The maximum absolute atomic E-state index is 13.1. The average molecular weight is 464 g/mol. The van der Waals surface area contributed by atoms with Gasteiger partial charge in [0.1, 0.15) is 11.3 Å². The highest BCUT2D eigenvalue weighted by atomic mass is 35.5. The normalized spacial score (nSPS) is 17.4. The van der Waals surface area contributed by atoms with Crippen LogP contribution < -0.4 is 10.3 Å². The van der Waals surface area contributed by atoms with Gasteiger partial charge in [0.15, 0.2) is 0 Å². The highest BCUT2D eigenvalue weighted by Crippen LogP contribution is 2.55. The second-order valence-electron chi connectivity index (χ2n) is 8.33. The van der Waals surface area contributed by atoms with E-state index in [2.05, 4.69) is 13.8 Å². The SMILES string of the molecule is COCCCOc1cc2c(cc1Cl)-c1c(cc(C(=O)O)c(=O)n1C1CC1)C(C(C)C)S2. The summed E-state index contributed by atoms with van der Waals surface area (Å²) in [7, 11) is 1.65. The number of thioether (sulfide) groups is 1. The molecule has 1 fully saturated rings. The lowest BCUT2D eigenvalue weighted by molar-refractivity contribution is 0.0694. The molecule has 1 aliphatic carbocycles. The quantitative estimate of drug-likeness (QED) is 0.526. The lowest BCUT2D eigenvalue weighted by Gasteiger charge is -2.32. The molecular weight excluding hydrogens is 438 g/mol. The summed E-state index contributed by atoms with van der Waals surface area (Å²) in [5, 5.41) is 10.1. The van der Waals surface area contributed by atoms with Gasteiger partial charge < -0.3 is 19.1 Å². The maximum atomic E-state index is 13.1. The number of rotatable bonds is 8. The van der Waals surface area contributed by atoms with E-state index in [4.69, 9.17) is 21.1 Å². The Balaban J connectivity index is 1.88. The van der Waals surface area contributed by atoms with Gasteiger partial charge in [0, 0.05) is 41.9 Å². The summed E-state index contributed by atoms with van der Waals surface area (Å²) >= 11 is 8.23. The number of hydrogen-bond acceptors (Lipinski definition) is 5. The highest BCUT2D eigenvalue weighted by Gasteiger charge is 2.37. The fourth-order valence-corrected chi connectivity index (χ4v) is 5.53. The zero-order valence-corrected chi connectivity index (χ0v) is 19.4. The molecule has 1 atom stereocenters. The number of ether oxygens (including phenoxy) is 2. The number of pyridine rings is 1. The first kappa shape index (κ1) is 22.2. The van der Waals surface area contributed by atoms with Gasteiger partial charge in [-0.15, -0.1) is 11.8 Å². The smallest absolute Gasteiger partial charge is 0.341 e. The molecule has 0 bridgehead atoms. The topological polar surface area (TPSA) is 77.8 Å². The predicted molar refractivity (Wildman–Crippen MR) is 122 cm³/mol. The standard InChI is InChI=1S/C23H26ClNO5S/c1-12(2)21-15-9-16(23(27)28)22(26)25(13-5-6-13)20(15)14-10-17(24)18(11-19(14)31-21)30-8-4-7-29-3/h9-13,21H,4-8H2,1-3H3,(H,27,28). The molecule has 6 nitrogen and oxygen atoms in total. The Morgan fingerprint density at radius 3 is 2.65 bits per heavy atom. The molecule has 2 heterocycles. The van der Waals surface area contributed by atoms with Crippen molar-refractivity contribution in [3.63, 3.8) is 0 Å². The molecule has 8 heteroatoms. The lowest BCUT2D eigenvalue weighted by Crippen LogP contribution is -2.30. The number of benzene rings is 1. The van der Waals surface area contributed by atoms with E-state index in [9.17, 15) is 14.7 Å². The summed E-state index contributed by atoms with van der Waals surface area (Å²) in [4.78, 5) is 25.9. The van der Waals surface area contributed by atoms with Gasteiger partial charge in [-0.3, -0.25) is 4.79 Å². The number of carboxylic acids is 1. The van der Waals surface area contributed by atoms with Gasteiger partial charge in [0.05, 0.1) is 17.3 Å². The van der Waals surface area contributed by atoms with Gasteiger partial charge in [-0.2, -0.15) is 0 Å². The number of hydrogen-bond donors (Lipinski definition) is 1. The van der Waals surface area contributed by atoms with Crippen molar-refractivity contribution >= 4 is 29.3 Å². The molecule has 0 spiro atoms. The summed E-state index contributed by atoms with van der Waals surface area (Å²) < 4.78 is 12.6. The van der Waals surface area contributed by atoms with Crippen molar-refractivity contribution in [3.8, 4) is 17.0 Å². The molecule has 1 aromatic carbocycles. The third-order valence-electron chi connectivity index (χ3n) is 5.61. The second-order valence-corrected chi connectivity index (χ2v) is 9.92. The Hall–Kier alpha value is -1.96. The van der Waals surface area contributed by atoms with Crippen LogP contribution in [0.3, 0.4) is 0 Å².